The molecule has 1 aliphatic heterocycles. The molecule has 0 aromatic heterocycles. The molecule has 1 heterocycles. The molecule has 7 heteroatoms. The van der Waals surface area contributed by atoms with E-state index in [2.05, 4.69) is 10.9 Å². The molecule has 6 nitrogen and oxygen atoms in total. The standard InChI is InChI=1S/C19H18ClN3O3/c1-11-3-5-13(6-4-11)18(25)22-21-16-10-17(24)23(19(16)26)14-7-8-15(20)12(2)9-14/h3-9,16,21H,10H2,1-2H3,(H,22,25). The maximum atomic E-state index is 12.6. The number of imide groups is 1. The molecule has 1 saturated heterocycles. The number of aryl methyl sites for hydroxylation is 2. The van der Waals surface area contributed by atoms with E-state index in [0.29, 0.717) is 16.3 Å². The largest absolute Gasteiger partial charge is 0.287 e. The Hall–Kier alpha value is -2.70. The minimum Gasteiger partial charge on any atom is -0.287 e. The van der Waals surface area contributed by atoms with Gasteiger partial charge in [0.25, 0.3) is 11.8 Å². The molecule has 26 heavy (non-hydrogen) atoms. The average molecular weight is 372 g/mol. The number of carbonyl (C=O) groups is 3. The van der Waals surface area contributed by atoms with Crippen molar-refractivity contribution in [3.8, 4) is 0 Å². The van der Waals surface area contributed by atoms with Crippen LogP contribution in [0.3, 0.4) is 0 Å². The van der Waals surface area contributed by atoms with Gasteiger partial charge in [-0.2, -0.15) is 0 Å². The van der Waals surface area contributed by atoms with Crippen molar-refractivity contribution in [1.82, 2.24) is 10.9 Å². The third kappa shape index (κ3) is 3.61. The summed E-state index contributed by atoms with van der Waals surface area (Å²) >= 11 is 5.99. The van der Waals surface area contributed by atoms with E-state index >= 15 is 0 Å². The summed E-state index contributed by atoms with van der Waals surface area (Å²) < 4.78 is 0. The highest BCUT2D eigenvalue weighted by atomic mass is 35.5. The highest BCUT2D eigenvalue weighted by Gasteiger charge is 2.39. The molecule has 0 radical (unpaired) electrons. The first-order chi connectivity index (χ1) is 12.4. The Morgan fingerprint density at radius 3 is 2.46 bits per heavy atom. The van der Waals surface area contributed by atoms with Crippen LogP contribution in [-0.2, 0) is 9.59 Å². The van der Waals surface area contributed by atoms with Crippen LogP contribution in [0.15, 0.2) is 42.5 Å². The molecule has 134 valence electrons. The van der Waals surface area contributed by atoms with Crippen LogP contribution in [0.4, 0.5) is 5.69 Å². The Labute approximate surface area is 156 Å². The quantitative estimate of drug-likeness (QED) is 0.639. The van der Waals surface area contributed by atoms with Crippen molar-refractivity contribution >= 4 is 35.0 Å². The summed E-state index contributed by atoms with van der Waals surface area (Å²) in [6.45, 7) is 3.73. The minimum absolute atomic E-state index is 0.0331. The number of hydrazine groups is 1. The average Bonchev–Trinajstić information content (AvgIpc) is 2.90. The minimum atomic E-state index is -0.812. The van der Waals surface area contributed by atoms with E-state index in [-0.39, 0.29) is 18.2 Å². The molecule has 2 aromatic rings. The predicted molar refractivity (Wildman–Crippen MR) is 98.9 cm³/mol. The topological polar surface area (TPSA) is 78.5 Å². The number of rotatable bonds is 4. The number of anilines is 1. The lowest BCUT2D eigenvalue weighted by molar-refractivity contribution is -0.121. The van der Waals surface area contributed by atoms with Crippen LogP contribution in [0.2, 0.25) is 5.02 Å². The van der Waals surface area contributed by atoms with Crippen molar-refractivity contribution in [2.45, 2.75) is 26.3 Å². The summed E-state index contributed by atoms with van der Waals surface area (Å²) in [5.41, 5.74) is 7.90. The monoisotopic (exact) mass is 371 g/mol. The second-order valence-corrected chi connectivity index (χ2v) is 6.63. The third-order valence-electron chi connectivity index (χ3n) is 4.22. The molecule has 0 bridgehead atoms. The SMILES string of the molecule is Cc1ccc(C(=O)NNC2CC(=O)N(c3ccc(Cl)c(C)c3)C2=O)cc1. The zero-order valence-corrected chi connectivity index (χ0v) is 15.1. The van der Waals surface area contributed by atoms with Crippen molar-refractivity contribution in [1.29, 1.82) is 0 Å². The highest BCUT2D eigenvalue weighted by Crippen LogP contribution is 2.26. The summed E-state index contributed by atoms with van der Waals surface area (Å²) in [7, 11) is 0. The van der Waals surface area contributed by atoms with Gasteiger partial charge in [-0.3, -0.25) is 19.8 Å². The summed E-state index contributed by atoms with van der Waals surface area (Å²) in [5, 5.41) is 0.563. The van der Waals surface area contributed by atoms with E-state index in [1.54, 1.807) is 37.3 Å². The van der Waals surface area contributed by atoms with Gasteiger partial charge in [0.15, 0.2) is 0 Å². The lowest BCUT2D eigenvalue weighted by Crippen LogP contribution is -2.48. The second-order valence-electron chi connectivity index (χ2n) is 6.22. The number of nitrogens with zero attached hydrogens (tertiary/aromatic N) is 1. The number of benzene rings is 2. The van der Waals surface area contributed by atoms with Gasteiger partial charge in [-0.05, 0) is 49.7 Å². The molecule has 3 rings (SSSR count). The van der Waals surface area contributed by atoms with Crippen LogP contribution in [0.25, 0.3) is 0 Å². The lowest BCUT2D eigenvalue weighted by Gasteiger charge is -2.16. The summed E-state index contributed by atoms with van der Waals surface area (Å²) in [6.07, 6.45) is -0.0331. The van der Waals surface area contributed by atoms with Crippen LogP contribution < -0.4 is 15.8 Å². The molecule has 1 aliphatic rings. The van der Waals surface area contributed by atoms with E-state index in [0.717, 1.165) is 16.0 Å². The zero-order valence-electron chi connectivity index (χ0n) is 14.4. The van der Waals surface area contributed by atoms with Crippen LogP contribution in [-0.4, -0.2) is 23.8 Å². The molecular weight excluding hydrogens is 354 g/mol. The summed E-state index contributed by atoms with van der Waals surface area (Å²) in [5.74, 6) is -1.12. The fourth-order valence-corrected chi connectivity index (χ4v) is 2.83. The smallest absolute Gasteiger partial charge is 0.265 e. The molecule has 0 saturated carbocycles. The van der Waals surface area contributed by atoms with Crippen molar-refractivity contribution in [3.05, 3.63) is 64.2 Å². The molecule has 1 atom stereocenters. The van der Waals surface area contributed by atoms with Gasteiger partial charge in [0.1, 0.15) is 6.04 Å². The van der Waals surface area contributed by atoms with Crippen molar-refractivity contribution in [2.75, 3.05) is 4.90 Å². The maximum absolute atomic E-state index is 12.6. The maximum Gasteiger partial charge on any atom is 0.265 e. The van der Waals surface area contributed by atoms with Crippen molar-refractivity contribution in [2.24, 2.45) is 0 Å². The first kappa shape index (κ1) is 18.1. The number of halogens is 1. The Morgan fingerprint density at radius 1 is 1.12 bits per heavy atom. The highest BCUT2D eigenvalue weighted by molar-refractivity contribution is 6.31. The van der Waals surface area contributed by atoms with Gasteiger partial charge in [-0.25, -0.2) is 10.3 Å². The number of amides is 3. The number of hydrogen-bond donors (Lipinski definition) is 2. The van der Waals surface area contributed by atoms with Crippen molar-refractivity contribution in [3.63, 3.8) is 0 Å². The first-order valence-electron chi connectivity index (χ1n) is 8.12. The van der Waals surface area contributed by atoms with E-state index < -0.39 is 11.9 Å². The van der Waals surface area contributed by atoms with Crippen LogP contribution in [0, 0.1) is 13.8 Å². The fraction of sp³-hybridized carbons (Fsp3) is 0.211. The van der Waals surface area contributed by atoms with Gasteiger partial charge in [0.2, 0.25) is 5.91 Å². The van der Waals surface area contributed by atoms with E-state index in [4.69, 9.17) is 11.6 Å². The van der Waals surface area contributed by atoms with Gasteiger partial charge >= 0.3 is 0 Å². The van der Waals surface area contributed by atoms with Gasteiger partial charge < -0.3 is 0 Å². The molecule has 2 N–H and O–H groups in total. The van der Waals surface area contributed by atoms with Crippen LogP contribution in [0.5, 0.6) is 0 Å². The first-order valence-corrected chi connectivity index (χ1v) is 8.50. The molecule has 1 fully saturated rings. The molecule has 0 aliphatic carbocycles. The second kappa shape index (κ2) is 7.27. The summed E-state index contributed by atoms with van der Waals surface area (Å²) in [6, 6.07) is 11.2. The van der Waals surface area contributed by atoms with Gasteiger partial charge in [-0.1, -0.05) is 29.3 Å². The van der Waals surface area contributed by atoms with E-state index in [9.17, 15) is 14.4 Å². The molecule has 2 aromatic carbocycles. The zero-order chi connectivity index (χ0) is 18.8. The van der Waals surface area contributed by atoms with E-state index in [1.165, 1.54) is 0 Å². The van der Waals surface area contributed by atoms with E-state index in [1.807, 2.05) is 19.1 Å². The Balaban J connectivity index is 1.67. The predicted octanol–water partition coefficient (Wildman–Crippen LogP) is 2.52. The van der Waals surface area contributed by atoms with Crippen molar-refractivity contribution < 1.29 is 14.4 Å². The number of nitrogens with one attached hydrogen (secondary N) is 2. The Kier molecular flexibility index (Phi) is 5.06. The third-order valence-corrected chi connectivity index (χ3v) is 4.64. The van der Waals surface area contributed by atoms with Gasteiger partial charge in [0, 0.05) is 10.6 Å². The molecule has 1 unspecified atom stereocenters. The Bertz CT molecular complexity index is 880. The molecule has 3 amide bonds. The number of carbonyl (C=O) groups excluding carboxylic acids is 3. The van der Waals surface area contributed by atoms with Gasteiger partial charge in [-0.15, -0.1) is 0 Å². The van der Waals surface area contributed by atoms with Crippen LogP contribution >= 0.6 is 11.6 Å². The Morgan fingerprint density at radius 2 is 1.81 bits per heavy atom. The molecule has 0 spiro atoms. The molecular formula is C19H18ClN3O3. The van der Waals surface area contributed by atoms with Gasteiger partial charge in [0.05, 0.1) is 12.1 Å². The normalized spacial score (nSPS) is 16.9. The van der Waals surface area contributed by atoms with Crippen LogP contribution in [0.1, 0.15) is 27.9 Å². The summed E-state index contributed by atoms with van der Waals surface area (Å²) in [4.78, 5) is 38.1. The number of hydrogen-bond acceptors (Lipinski definition) is 4. The lowest BCUT2D eigenvalue weighted by atomic mass is 10.1. The fourth-order valence-electron chi connectivity index (χ4n) is 2.71.